The third kappa shape index (κ3) is 4.54. The number of nitro benzene ring substituents is 1. The molecule has 2 aromatic rings. The van der Waals surface area contributed by atoms with Crippen molar-refractivity contribution in [2.24, 2.45) is 11.1 Å². The average Bonchev–Trinajstić information content (AvgIpc) is 2.76. The normalized spacial score (nSPS) is 19.2. The van der Waals surface area contributed by atoms with E-state index in [2.05, 4.69) is 22.0 Å². The van der Waals surface area contributed by atoms with Gasteiger partial charge in [0.05, 0.1) is 15.3 Å². The lowest BCUT2D eigenvalue weighted by atomic mass is 9.70. The summed E-state index contributed by atoms with van der Waals surface area (Å²) in [6, 6.07) is 13.6. The van der Waals surface area contributed by atoms with Gasteiger partial charge in [-0.15, -0.1) is 0 Å². The molecular weight excluding hydrogens is 502 g/mol. The maximum Gasteiger partial charge on any atom is 0.269 e. The van der Waals surface area contributed by atoms with Crippen LogP contribution in [0.1, 0.15) is 43.7 Å². The molecule has 0 radical (unpaired) electrons. The molecule has 0 spiro atoms. The Balaban J connectivity index is 1.62. The van der Waals surface area contributed by atoms with Gasteiger partial charge in [0.25, 0.3) is 5.69 Å². The number of hydrogen-bond donors (Lipinski definition) is 1. The van der Waals surface area contributed by atoms with E-state index in [4.69, 9.17) is 15.2 Å². The number of benzene rings is 2. The second kappa shape index (κ2) is 8.95. The Bertz CT molecular complexity index is 1290. The molecule has 0 fully saturated rings. The molecule has 1 aliphatic heterocycles. The number of Topliss-reactive ketones (excluding diaryl/α,β-unsaturated/α-hetero) is 1. The molecule has 0 saturated heterocycles. The van der Waals surface area contributed by atoms with Gasteiger partial charge in [-0.25, -0.2) is 0 Å². The third-order valence-electron chi connectivity index (χ3n) is 5.91. The van der Waals surface area contributed by atoms with Gasteiger partial charge in [0, 0.05) is 30.5 Å². The van der Waals surface area contributed by atoms with Crippen molar-refractivity contribution in [2.45, 2.75) is 39.2 Å². The number of allylic oxidation sites excluding steroid dienone is 3. The number of nitrogens with zero attached hydrogens (tertiary/aromatic N) is 2. The Morgan fingerprint density at radius 1 is 1.26 bits per heavy atom. The van der Waals surface area contributed by atoms with Crippen LogP contribution in [-0.4, -0.2) is 10.7 Å². The predicted octanol–water partition coefficient (Wildman–Crippen LogP) is 5.39. The minimum Gasteiger partial charge on any atom is -0.488 e. The molecule has 1 unspecified atom stereocenters. The molecule has 2 aromatic carbocycles. The summed E-state index contributed by atoms with van der Waals surface area (Å²) in [5.74, 6) is 0.433. The molecule has 2 aliphatic rings. The zero-order valence-corrected chi connectivity index (χ0v) is 20.2. The Morgan fingerprint density at radius 2 is 1.97 bits per heavy atom. The Labute approximate surface area is 204 Å². The fraction of sp³-hybridized carbons (Fsp3) is 0.280. The van der Waals surface area contributed by atoms with Crippen LogP contribution in [0, 0.1) is 26.9 Å². The van der Waals surface area contributed by atoms with Gasteiger partial charge in [-0.3, -0.25) is 14.9 Å². The molecule has 4 rings (SSSR count). The summed E-state index contributed by atoms with van der Waals surface area (Å²) in [5.41, 5.74) is 8.03. The summed E-state index contributed by atoms with van der Waals surface area (Å²) in [6.07, 6.45) is 0.920. The zero-order chi connectivity index (χ0) is 24.6. The molecule has 0 bridgehead atoms. The van der Waals surface area contributed by atoms with Crippen LogP contribution >= 0.6 is 15.9 Å². The smallest absolute Gasteiger partial charge is 0.269 e. The van der Waals surface area contributed by atoms with Crippen molar-refractivity contribution < 1.29 is 19.2 Å². The molecule has 1 aliphatic carbocycles. The summed E-state index contributed by atoms with van der Waals surface area (Å²) in [7, 11) is 0. The van der Waals surface area contributed by atoms with Crippen molar-refractivity contribution in [3.63, 3.8) is 0 Å². The van der Waals surface area contributed by atoms with Crippen LogP contribution in [0.5, 0.6) is 5.75 Å². The highest BCUT2D eigenvalue weighted by molar-refractivity contribution is 9.10. The number of nitriles is 1. The van der Waals surface area contributed by atoms with E-state index in [1.807, 2.05) is 19.9 Å². The maximum atomic E-state index is 13.1. The quantitative estimate of drug-likeness (QED) is 0.410. The van der Waals surface area contributed by atoms with Gasteiger partial charge >= 0.3 is 0 Å². The van der Waals surface area contributed by atoms with Crippen LogP contribution in [0.2, 0.25) is 0 Å². The largest absolute Gasteiger partial charge is 0.488 e. The Hall–Kier alpha value is -3.64. The molecule has 0 amide bonds. The van der Waals surface area contributed by atoms with Crippen molar-refractivity contribution in [2.75, 3.05) is 0 Å². The van der Waals surface area contributed by atoms with E-state index < -0.39 is 10.8 Å². The summed E-state index contributed by atoms with van der Waals surface area (Å²) in [4.78, 5) is 23.4. The third-order valence-corrected chi connectivity index (χ3v) is 6.53. The van der Waals surface area contributed by atoms with Gasteiger partial charge in [0.1, 0.15) is 29.8 Å². The summed E-state index contributed by atoms with van der Waals surface area (Å²) in [5, 5.41) is 20.6. The number of nitrogens with two attached hydrogens (primary N) is 1. The standard InChI is InChI=1S/C25H22BrN3O5/c1-25(2)10-19(30)23-21(11-25)34-24(28)17(12-27)22(23)15-5-8-20(18(26)9-15)33-13-14-3-6-16(7-4-14)29(31)32/h3-9,22H,10-11,13,28H2,1-2H3. The molecule has 1 heterocycles. The first-order chi connectivity index (χ1) is 16.1. The van der Waals surface area contributed by atoms with E-state index in [9.17, 15) is 20.2 Å². The van der Waals surface area contributed by atoms with Crippen LogP contribution in [0.4, 0.5) is 5.69 Å². The minimum absolute atomic E-state index is 0.0145. The van der Waals surface area contributed by atoms with Gasteiger partial charge in [0.15, 0.2) is 5.78 Å². The average molecular weight is 524 g/mol. The molecule has 1 atom stereocenters. The second-order valence-electron chi connectivity index (χ2n) is 9.10. The number of carbonyl (C=O) groups is 1. The number of halogens is 1. The molecule has 2 N–H and O–H groups in total. The van der Waals surface area contributed by atoms with E-state index in [1.54, 1.807) is 24.3 Å². The van der Waals surface area contributed by atoms with Crippen LogP contribution in [0.25, 0.3) is 0 Å². The zero-order valence-electron chi connectivity index (χ0n) is 18.6. The second-order valence-corrected chi connectivity index (χ2v) is 9.96. The van der Waals surface area contributed by atoms with Crippen molar-refractivity contribution in [3.8, 4) is 11.8 Å². The molecule has 34 heavy (non-hydrogen) atoms. The highest BCUT2D eigenvalue weighted by atomic mass is 79.9. The lowest BCUT2D eigenvalue weighted by Gasteiger charge is -2.37. The number of carbonyl (C=O) groups excluding carboxylic acids is 1. The van der Waals surface area contributed by atoms with E-state index in [1.165, 1.54) is 12.1 Å². The lowest BCUT2D eigenvalue weighted by molar-refractivity contribution is -0.384. The summed E-state index contributed by atoms with van der Waals surface area (Å²) < 4.78 is 12.2. The van der Waals surface area contributed by atoms with Gasteiger partial charge in [-0.1, -0.05) is 19.9 Å². The van der Waals surface area contributed by atoms with Crippen LogP contribution < -0.4 is 10.5 Å². The van der Waals surface area contributed by atoms with Gasteiger partial charge in [-0.2, -0.15) is 5.26 Å². The topological polar surface area (TPSA) is 128 Å². The fourth-order valence-electron chi connectivity index (χ4n) is 4.31. The minimum atomic E-state index is -0.614. The predicted molar refractivity (Wildman–Crippen MR) is 127 cm³/mol. The monoisotopic (exact) mass is 523 g/mol. The van der Waals surface area contributed by atoms with Gasteiger partial charge < -0.3 is 15.2 Å². The Morgan fingerprint density at radius 3 is 2.59 bits per heavy atom. The molecule has 0 aromatic heterocycles. The molecular formula is C25H22BrN3O5. The van der Waals surface area contributed by atoms with Crippen molar-refractivity contribution >= 4 is 27.4 Å². The SMILES string of the molecule is CC1(C)CC(=O)C2=C(C1)OC(N)=C(C#N)C2c1ccc(OCc2ccc([N+](=O)[O-])cc2)c(Br)c1. The van der Waals surface area contributed by atoms with Crippen molar-refractivity contribution in [1.29, 1.82) is 5.26 Å². The summed E-state index contributed by atoms with van der Waals surface area (Å²) >= 11 is 3.52. The van der Waals surface area contributed by atoms with Crippen LogP contribution in [-0.2, 0) is 16.1 Å². The number of ether oxygens (including phenoxy) is 2. The van der Waals surface area contributed by atoms with E-state index in [0.29, 0.717) is 34.4 Å². The number of rotatable bonds is 5. The highest BCUT2D eigenvalue weighted by Crippen LogP contribution is 2.48. The molecule has 8 nitrogen and oxygen atoms in total. The maximum absolute atomic E-state index is 13.1. The number of hydrogen-bond acceptors (Lipinski definition) is 7. The molecule has 174 valence electrons. The van der Waals surface area contributed by atoms with Gasteiger partial charge in [0.2, 0.25) is 5.88 Å². The van der Waals surface area contributed by atoms with E-state index >= 15 is 0 Å². The number of ketones is 1. The van der Waals surface area contributed by atoms with E-state index in [-0.39, 0.29) is 34.9 Å². The van der Waals surface area contributed by atoms with E-state index in [0.717, 1.165) is 11.1 Å². The number of non-ortho nitro benzene ring substituents is 1. The molecule has 0 saturated carbocycles. The molecule has 9 heteroatoms. The highest BCUT2D eigenvalue weighted by Gasteiger charge is 2.43. The number of nitro groups is 1. The lowest BCUT2D eigenvalue weighted by Crippen LogP contribution is -2.33. The van der Waals surface area contributed by atoms with Crippen LogP contribution in [0.15, 0.2) is 69.7 Å². The van der Waals surface area contributed by atoms with Crippen molar-refractivity contribution in [1.82, 2.24) is 0 Å². The van der Waals surface area contributed by atoms with Crippen LogP contribution in [0.3, 0.4) is 0 Å². The fourth-order valence-corrected chi connectivity index (χ4v) is 4.82. The van der Waals surface area contributed by atoms with Gasteiger partial charge in [-0.05, 0) is 56.7 Å². The van der Waals surface area contributed by atoms with Crippen molar-refractivity contribution in [3.05, 3.63) is 91.0 Å². The first kappa shape index (κ1) is 23.5. The first-order valence-corrected chi connectivity index (χ1v) is 11.4. The Kier molecular flexibility index (Phi) is 6.19. The first-order valence-electron chi connectivity index (χ1n) is 10.6. The summed E-state index contributed by atoms with van der Waals surface area (Å²) in [6.45, 7) is 4.22.